The van der Waals surface area contributed by atoms with Gasteiger partial charge in [0, 0.05) is 19.5 Å². The lowest BCUT2D eigenvalue weighted by Crippen LogP contribution is -2.11. The van der Waals surface area contributed by atoms with E-state index >= 15 is 0 Å². The molecule has 0 atom stereocenters. The largest absolute Gasteiger partial charge is 0.400 e. The predicted molar refractivity (Wildman–Crippen MR) is 56.2 cm³/mol. The average molecular weight is 205 g/mol. The Bertz CT molecular complexity index is 466. The van der Waals surface area contributed by atoms with Crippen LogP contribution in [-0.2, 0) is 0 Å². The van der Waals surface area contributed by atoms with Gasteiger partial charge in [0.2, 0.25) is 0 Å². The second-order valence-electron chi connectivity index (χ2n) is 2.59. The Morgan fingerprint density at radius 1 is 1.27 bits per heavy atom. The summed E-state index contributed by atoms with van der Waals surface area (Å²) in [4.78, 5) is 19.1. The number of aromatic nitrogens is 2. The van der Waals surface area contributed by atoms with E-state index in [2.05, 4.69) is 9.97 Å². The van der Waals surface area contributed by atoms with E-state index in [4.69, 9.17) is 10.8 Å². The van der Waals surface area contributed by atoms with Crippen molar-refractivity contribution in [3.05, 3.63) is 36.2 Å². The van der Waals surface area contributed by atoms with Gasteiger partial charge in [-0.05, 0) is 12.1 Å². The van der Waals surface area contributed by atoms with Crippen LogP contribution < -0.4 is 5.73 Å². The maximum atomic E-state index is 11.0. The van der Waals surface area contributed by atoms with Crippen LogP contribution in [0.1, 0.15) is 10.4 Å². The highest BCUT2D eigenvalue weighted by atomic mass is 16.2. The Labute approximate surface area is 86.6 Å². The van der Waals surface area contributed by atoms with E-state index in [0.717, 1.165) is 7.11 Å². The lowest BCUT2D eigenvalue weighted by Gasteiger charge is -1.99. The minimum absolute atomic E-state index is 0.408. The highest BCUT2D eigenvalue weighted by Crippen LogP contribution is 2.12. The number of hydrogen-bond acceptors (Lipinski definition) is 4. The molecule has 1 heterocycles. The first-order valence-electron chi connectivity index (χ1n) is 4.23. The normalized spacial score (nSPS) is 9.20. The van der Waals surface area contributed by atoms with Crippen molar-refractivity contribution >= 4 is 16.9 Å². The summed E-state index contributed by atoms with van der Waals surface area (Å²) < 4.78 is 0. The van der Waals surface area contributed by atoms with Gasteiger partial charge in [0.15, 0.2) is 0 Å². The highest BCUT2D eigenvalue weighted by molar-refractivity contribution is 6.03. The van der Waals surface area contributed by atoms with Gasteiger partial charge in [-0.1, -0.05) is 6.07 Å². The number of benzene rings is 1. The zero-order valence-electron chi connectivity index (χ0n) is 8.21. The van der Waals surface area contributed by atoms with Crippen LogP contribution in [0.4, 0.5) is 0 Å². The number of carbonyl (C=O) groups excluding carboxylic acids is 1. The smallest absolute Gasteiger partial charge is 0.250 e. The van der Waals surface area contributed by atoms with E-state index in [1.807, 2.05) is 0 Å². The fourth-order valence-electron chi connectivity index (χ4n) is 1.19. The fraction of sp³-hybridized carbons (Fsp3) is 0.100. The van der Waals surface area contributed by atoms with Gasteiger partial charge >= 0.3 is 0 Å². The molecule has 0 aliphatic heterocycles. The number of hydrogen-bond donors (Lipinski definition) is 2. The third-order valence-corrected chi connectivity index (χ3v) is 1.76. The van der Waals surface area contributed by atoms with E-state index in [1.54, 1.807) is 24.4 Å². The van der Waals surface area contributed by atoms with Crippen LogP contribution in [0.25, 0.3) is 11.0 Å². The van der Waals surface area contributed by atoms with Gasteiger partial charge < -0.3 is 10.8 Å². The van der Waals surface area contributed by atoms with E-state index in [1.165, 1.54) is 6.20 Å². The number of nitrogens with two attached hydrogens (primary N) is 1. The molecule has 2 rings (SSSR count). The van der Waals surface area contributed by atoms with E-state index in [9.17, 15) is 4.79 Å². The molecule has 0 aliphatic rings. The Hall–Kier alpha value is -2.01. The van der Waals surface area contributed by atoms with Crippen LogP contribution >= 0.6 is 0 Å². The SMILES string of the molecule is CO.NC(=O)c1cccc2nccnc12. The average Bonchev–Trinajstić information content (AvgIpc) is 2.31. The molecule has 0 saturated carbocycles. The number of aliphatic hydroxyl groups is 1. The summed E-state index contributed by atoms with van der Waals surface area (Å²) in [7, 11) is 1.00. The molecule has 0 spiro atoms. The minimum Gasteiger partial charge on any atom is -0.400 e. The molecule has 0 radical (unpaired) electrons. The molecule has 0 aliphatic carbocycles. The summed E-state index contributed by atoms with van der Waals surface area (Å²) in [6.45, 7) is 0. The van der Waals surface area contributed by atoms with Crippen LogP contribution in [0, 0.1) is 0 Å². The Morgan fingerprint density at radius 3 is 2.60 bits per heavy atom. The van der Waals surface area contributed by atoms with Crippen molar-refractivity contribution in [2.75, 3.05) is 7.11 Å². The molecule has 1 aromatic heterocycles. The number of para-hydroxylation sites is 1. The van der Waals surface area contributed by atoms with Crippen molar-refractivity contribution in [2.45, 2.75) is 0 Å². The third kappa shape index (κ3) is 2.26. The molecular weight excluding hydrogens is 194 g/mol. The lowest BCUT2D eigenvalue weighted by molar-refractivity contribution is 0.100. The molecule has 0 saturated heterocycles. The molecule has 0 bridgehead atoms. The number of carbonyl (C=O) groups is 1. The standard InChI is InChI=1S/C9H7N3O.CH4O/c10-9(13)6-2-1-3-7-8(6)12-5-4-11-7;1-2/h1-5H,(H2,10,13);2H,1H3. The molecule has 0 fully saturated rings. The molecule has 2 aromatic rings. The number of fused-ring (bicyclic) bond motifs is 1. The van der Waals surface area contributed by atoms with Crippen LogP contribution in [0.2, 0.25) is 0 Å². The first-order valence-corrected chi connectivity index (χ1v) is 4.23. The Balaban J connectivity index is 0.000000531. The topological polar surface area (TPSA) is 89.1 Å². The molecule has 5 heteroatoms. The van der Waals surface area contributed by atoms with Crippen molar-refractivity contribution in [1.82, 2.24) is 9.97 Å². The molecule has 15 heavy (non-hydrogen) atoms. The van der Waals surface area contributed by atoms with Gasteiger partial charge in [0.25, 0.3) is 5.91 Å². The number of primary amides is 1. The second kappa shape index (κ2) is 5.02. The molecule has 78 valence electrons. The van der Waals surface area contributed by atoms with Gasteiger partial charge in [0.05, 0.1) is 11.1 Å². The number of aliphatic hydroxyl groups excluding tert-OH is 1. The molecule has 1 aromatic carbocycles. The van der Waals surface area contributed by atoms with Gasteiger partial charge in [-0.2, -0.15) is 0 Å². The van der Waals surface area contributed by atoms with E-state index in [0.29, 0.717) is 16.6 Å². The zero-order valence-corrected chi connectivity index (χ0v) is 8.21. The molecular formula is C10H11N3O2. The second-order valence-corrected chi connectivity index (χ2v) is 2.59. The first kappa shape index (κ1) is 11.1. The summed E-state index contributed by atoms with van der Waals surface area (Å²) in [6.07, 6.45) is 3.11. The van der Waals surface area contributed by atoms with E-state index < -0.39 is 5.91 Å². The number of rotatable bonds is 1. The molecule has 5 nitrogen and oxygen atoms in total. The third-order valence-electron chi connectivity index (χ3n) is 1.76. The summed E-state index contributed by atoms with van der Waals surface area (Å²) in [5, 5.41) is 7.00. The summed E-state index contributed by atoms with van der Waals surface area (Å²) in [5.74, 6) is -0.480. The van der Waals surface area contributed by atoms with Crippen LogP contribution in [0.15, 0.2) is 30.6 Å². The molecule has 1 amide bonds. The monoisotopic (exact) mass is 205 g/mol. The minimum atomic E-state index is -0.480. The molecule has 3 N–H and O–H groups in total. The van der Waals surface area contributed by atoms with Gasteiger partial charge in [-0.25, -0.2) is 0 Å². The van der Waals surface area contributed by atoms with Gasteiger partial charge in [-0.3, -0.25) is 14.8 Å². The van der Waals surface area contributed by atoms with Crippen LogP contribution in [0.3, 0.4) is 0 Å². The fourth-order valence-corrected chi connectivity index (χ4v) is 1.19. The van der Waals surface area contributed by atoms with E-state index in [-0.39, 0.29) is 0 Å². The van der Waals surface area contributed by atoms with Crippen molar-refractivity contribution in [3.8, 4) is 0 Å². The van der Waals surface area contributed by atoms with Crippen molar-refractivity contribution in [1.29, 1.82) is 0 Å². The zero-order chi connectivity index (χ0) is 11.3. The van der Waals surface area contributed by atoms with Crippen molar-refractivity contribution < 1.29 is 9.90 Å². The van der Waals surface area contributed by atoms with Crippen LogP contribution in [-0.4, -0.2) is 28.1 Å². The lowest BCUT2D eigenvalue weighted by atomic mass is 10.1. The quantitative estimate of drug-likeness (QED) is 0.702. The maximum absolute atomic E-state index is 11.0. The summed E-state index contributed by atoms with van der Waals surface area (Å²) in [5.41, 5.74) is 6.81. The van der Waals surface area contributed by atoms with Gasteiger partial charge in [-0.15, -0.1) is 0 Å². The van der Waals surface area contributed by atoms with Gasteiger partial charge in [0.1, 0.15) is 5.52 Å². The predicted octanol–water partition coefficient (Wildman–Crippen LogP) is 0.337. The van der Waals surface area contributed by atoms with Crippen molar-refractivity contribution in [3.63, 3.8) is 0 Å². The Morgan fingerprint density at radius 2 is 1.93 bits per heavy atom. The highest BCUT2D eigenvalue weighted by Gasteiger charge is 2.06. The van der Waals surface area contributed by atoms with Crippen molar-refractivity contribution in [2.24, 2.45) is 5.73 Å². The Kier molecular flexibility index (Phi) is 3.70. The molecule has 0 unspecified atom stereocenters. The van der Waals surface area contributed by atoms with Crippen LogP contribution in [0.5, 0.6) is 0 Å². The maximum Gasteiger partial charge on any atom is 0.250 e. The first-order chi connectivity index (χ1) is 7.29. The number of nitrogens with zero attached hydrogens (tertiary/aromatic N) is 2. The summed E-state index contributed by atoms with van der Waals surface area (Å²) in [6, 6.07) is 5.16. The number of amides is 1. The summed E-state index contributed by atoms with van der Waals surface area (Å²) >= 11 is 0.